The molecule has 0 aliphatic heterocycles. The van der Waals surface area contributed by atoms with Gasteiger partial charge in [-0.25, -0.2) is 4.39 Å². The number of hydrogen-bond acceptors (Lipinski definition) is 2. The van der Waals surface area contributed by atoms with Gasteiger partial charge in [-0.05, 0) is 18.2 Å². The molecule has 4 heteroatoms. The summed E-state index contributed by atoms with van der Waals surface area (Å²) in [5.41, 5.74) is 5.06. The van der Waals surface area contributed by atoms with E-state index in [1.807, 2.05) is 0 Å². The molecule has 0 atom stereocenters. The molecule has 11 heavy (non-hydrogen) atoms. The molecule has 1 aromatic carbocycles. The average Bonchev–Trinajstić information content (AvgIpc) is 1.94. The van der Waals surface area contributed by atoms with E-state index in [0.717, 1.165) is 6.07 Å². The fraction of sp³-hybridized carbons (Fsp3) is 0. The first-order chi connectivity index (χ1) is 5.11. The Morgan fingerprint density at radius 3 is 2.64 bits per heavy atom. The van der Waals surface area contributed by atoms with Gasteiger partial charge in [-0.3, -0.25) is 4.79 Å². The minimum Gasteiger partial charge on any atom is -0.366 e. The van der Waals surface area contributed by atoms with Crippen LogP contribution in [0.4, 0.5) is 4.39 Å². The molecule has 0 aromatic heterocycles. The molecule has 0 radical (unpaired) electrons. The molecule has 0 bridgehead atoms. The van der Waals surface area contributed by atoms with Crippen molar-refractivity contribution in [2.45, 2.75) is 4.90 Å². The number of benzene rings is 1. The molecule has 0 saturated heterocycles. The van der Waals surface area contributed by atoms with Crippen molar-refractivity contribution >= 4 is 18.5 Å². The van der Waals surface area contributed by atoms with Gasteiger partial charge in [-0.1, -0.05) is 0 Å². The Hall–Kier alpha value is -1.03. The SMILES string of the molecule is NC(=O)c1ccc(S)c(F)c1. The van der Waals surface area contributed by atoms with Crippen LogP contribution in [-0.4, -0.2) is 5.91 Å². The van der Waals surface area contributed by atoms with E-state index in [0.29, 0.717) is 0 Å². The van der Waals surface area contributed by atoms with Gasteiger partial charge in [-0.15, -0.1) is 12.6 Å². The Morgan fingerprint density at radius 1 is 1.55 bits per heavy atom. The molecule has 0 aliphatic rings. The lowest BCUT2D eigenvalue weighted by Gasteiger charge is -1.96. The predicted octanol–water partition coefficient (Wildman–Crippen LogP) is 1.21. The third kappa shape index (κ3) is 1.71. The second-order valence-electron chi connectivity index (χ2n) is 2.03. The molecular weight excluding hydrogens is 165 g/mol. The van der Waals surface area contributed by atoms with Crippen molar-refractivity contribution in [3.8, 4) is 0 Å². The molecule has 2 N–H and O–H groups in total. The lowest BCUT2D eigenvalue weighted by molar-refractivity contribution is 0.1000. The van der Waals surface area contributed by atoms with Gasteiger partial charge in [0.25, 0.3) is 0 Å². The van der Waals surface area contributed by atoms with E-state index in [2.05, 4.69) is 12.6 Å². The van der Waals surface area contributed by atoms with Crippen LogP contribution in [0.2, 0.25) is 0 Å². The molecule has 0 spiro atoms. The van der Waals surface area contributed by atoms with Gasteiger partial charge in [-0.2, -0.15) is 0 Å². The number of carbonyl (C=O) groups excluding carboxylic acids is 1. The van der Waals surface area contributed by atoms with E-state index in [1.165, 1.54) is 12.1 Å². The van der Waals surface area contributed by atoms with E-state index in [1.54, 1.807) is 0 Å². The zero-order chi connectivity index (χ0) is 8.43. The first-order valence-corrected chi connectivity index (χ1v) is 3.34. The van der Waals surface area contributed by atoms with Crippen molar-refractivity contribution in [3.05, 3.63) is 29.6 Å². The summed E-state index contributed by atoms with van der Waals surface area (Å²) in [6.45, 7) is 0. The van der Waals surface area contributed by atoms with Crippen molar-refractivity contribution in [2.75, 3.05) is 0 Å². The minimum absolute atomic E-state index is 0.153. The highest BCUT2D eigenvalue weighted by Gasteiger charge is 2.03. The van der Waals surface area contributed by atoms with Crippen LogP contribution in [0, 0.1) is 5.82 Å². The summed E-state index contributed by atoms with van der Waals surface area (Å²) in [6, 6.07) is 3.87. The van der Waals surface area contributed by atoms with Crippen molar-refractivity contribution in [2.24, 2.45) is 5.73 Å². The number of thiol groups is 1. The number of rotatable bonds is 1. The van der Waals surface area contributed by atoms with E-state index in [-0.39, 0.29) is 10.5 Å². The maximum Gasteiger partial charge on any atom is 0.248 e. The van der Waals surface area contributed by atoms with Crippen LogP contribution in [0.3, 0.4) is 0 Å². The van der Waals surface area contributed by atoms with Crippen LogP contribution in [-0.2, 0) is 0 Å². The summed E-state index contributed by atoms with van der Waals surface area (Å²) in [5.74, 6) is -1.18. The summed E-state index contributed by atoms with van der Waals surface area (Å²) in [4.78, 5) is 10.7. The van der Waals surface area contributed by atoms with Crippen LogP contribution in [0.15, 0.2) is 23.1 Å². The second kappa shape index (κ2) is 2.92. The van der Waals surface area contributed by atoms with Crippen molar-refractivity contribution in [1.29, 1.82) is 0 Å². The summed E-state index contributed by atoms with van der Waals surface area (Å²) < 4.78 is 12.7. The molecule has 0 heterocycles. The minimum atomic E-state index is -0.641. The van der Waals surface area contributed by atoms with Crippen LogP contribution in [0.25, 0.3) is 0 Å². The highest BCUT2D eigenvalue weighted by molar-refractivity contribution is 7.80. The first kappa shape index (κ1) is 8.07. The number of carbonyl (C=O) groups is 1. The predicted molar refractivity (Wildman–Crippen MR) is 42.2 cm³/mol. The first-order valence-electron chi connectivity index (χ1n) is 2.89. The highest BCUT2D eigenvalue weighted by atomic mass is 32.1. The second-order valence-corrected chi connectivity index (χ2v) is 2.51. The number of amides is 1. The summed E-state index contributed by atoms with van der Waals surface area (Å²) in [7, 11) is 0. The lowest BCUT2D eigenvalue weighted by Crippen LogP contribution is -2.10. The van der Waals surface area contributed by atoms with E-state index in [4.69, 9.17) is 5.73 Å². The van der Waals surface area contributed by atoms with Crippen molar-refractivity contribution in [1.82, 2.24) is 0 Å². The quantitative estimate of drug-likeness (QED) is 0.613. The van der Waals surface area contributed by atoms with Crippen LogP contribution < -0.4 is 5.73 Å². The molecule has 1 rings (SSSR count). The molecule has 2 nitrogen and oxygen atoms in total. The molecule has 0 saturated carbocycles. The Morgan fingerprint density at radius 2 is 2.18 bits per heavy atom. The van der Waals surface area contributed by atoms with Crippen molar-refractivity contribution in [3.63, 3.8) is 0 Å². The Kier molecular flexibility index (Phi) is 2.14. The maximum absolute atomic E-state index is 12.7. The fourth-order valence-corrected chi connectivity index (χ4v) is 0.799. The normalized spacial score (nSPS) is 9.64. The number of hydrogen-bond donors (Lipinski definition) is 2. The number of primary amides is 1. The Balaban J connectivity index is 3.15. The Bertz CT molecular complexity index is 300. The zero-order valence-corrected chi connectivity index (χ0v) is 6.44. The van der Waals surface area contributed by atoms with Gasteiger partial charge in [0.2, 0.25) is 5.91 Å². The molecule has 0 unspecified atom stereocenters. The highest BCUT2D eigenvalue weighted by Crippen LogP contribution is 2.12. The molecular formula is C7H6FNOS. The average molecular weight is 171 g/mol. The molecule has 58 valence electrons. The monoisotopic (exact) mass is 171 g/mol. The lowest BCUT2D eigenvalue weighted by atomic mass is 10.2. The van der Waals surface area contributed by atoms with Crippen LogP contribution in [0.5, 0.6) is 0 Å². The number of nitrogens with two attached hydrogens (primary N) is 1. The number of halogens is 1. The third-order valence-electron chi connectivity index (χ3n) is 1.23. The molecule has 0 fully saturated rings. The topological polar surface area (TPSA) is 43.1 Å². The van der Waals surface area contributed by atoms with Crippen LogP contribution in [0.1, 0.15) is 10.4 Å². The summed E-state index contributed by atoms with van der Waals surface area (Å²) >= 11 is 3.79. The zero-order valence-electron chi connectivity index (χ0n) is 5.54. The van der Waals surface area contributed by atoms with Gasteiger partial charge in [0.15, 0.2) is 0 Å². The van der Waals surface area contributed by atoms with Gasteiger partial charge >= 0.3 is 0 Å². The van der Waals surface area contributed by atoms with Crippen LogP contribution >= 0.6 is 12.6 Å². The summed E-state index contributed by atoms with van der Waals surface area (Å²) in [5, 5.41) is 0. The van der Waals surface area contributed by atoms with E-state index < -0.39 is 11.7 Å². The molecule has 1 amide bonds. The standard InChI is InChI=1S/C7H6FNOS/c8-5-3-4(7(9)10)1-2-6(5)11/h1-3,11H,(H2,9,10). The molecule has 0 aliphatic carbocycles. The smallest absolute Gasteiger partial charge is 0.248 e. The van der Waals surface area contributed by atoms with Gasteiger partial charge in [0.1, 0.15) is 5.82 Å². The van der Waals surface area contributed by atoms with Gasteiger partial charge in [0.05, 0.1) is 0 Å². The maximum atomic E-state index is 12.7. The largest absolute Gasteiger partial charge is 0.366 e. The summed E-state index contributed by atoms with van der Waals surface area (Å²) in [6.07, 6.45) is 0. The Labute approximate surface area is 68.6 Å². The van der Waals surface area contributed by atoms with E-state index >= 15 is 0 Å². The fourth-order valence-electron chi connectivity index (χ4n) is 0.660. The van der Waals surface area contributed by atoms with Gasteiger partial charge < -0.3 is 5.73 Å². The molecule has 1 aromatic rings. The third-order valence-corrected chi connectivity index (χ3v) is 1.59. The van der Waals surface area contributed by atoms with Gasteiger partial charge in [0, 0.05) is 10.5 Å². The van der Waals surface area contributed by atoms with Crippen molar-refractivity contribution < 1.29 is 9.18 Å². The van der Waals surface area contributed by atoms with E-state index in [9.17, 15) is 9.18 Å².